The summed E-state index contributed by atoms with van der Waals surface area (Å²) in [5.74, 6) is 0.855. The first-order valence-electron chi connectivity index (χ1n) is 9.52. The summed E-state index contributed by atoms with van der Waals surface area (Å²) < 4.78 is 5.82. The number of ether oxygens (including phenoxy) is 1. The van der Waals surface area contributed by atoms with Gasteiger partial charge in [0.1, 0.15) is 5.75 Å². The quantitative estimate of drug-likeness (QED) is 0.559. The van der Waals surface area contributed by atoms with Crippen molar-refractivity contribution in [3.63, 3.8) is 0 Å². The van der Waals surface area contributed by atoms with E-state index in [1.165, 1.54) is 6.20 Å². The van der Waals surface area contributed by atoms with Crippen LogP contribution in [0.2, 0.25) is 0 Å². The van der Waals surface area contributed by atoms with Crippen LogP contribution in [-0.2, 0) is 6.54 Å². The van der Waals surface area contributed by atoms with Crippen LogP contribution in [0, 0.1) is 0 Å². The van der Waals surface area contributed by atoms with E-state index in [0.717, 1.165) is 41.0 Å². The topological polar surface area (TPSA) is 119 Å². The molecule has 0 amide bonds. The maximum absolute atomic E-state index is 12.1. The van der Waals surface area contributed by atoms with Crippen molar-refractivity contribution in [1.29, 1.82) is 0 Å². The Morgan fingerprint density at radius 3 is 2.55 bits per heavy atom. The Kier molecular flexibility index (Phi) is 5.14. The molecule has 0 bridgehead atoms. The standard InChI is InChI=1S/C22H23N5O2/c1-25-21(13-2-5-15(6-3-13)29-16-7-8-16)19(11-23)14-4-9-17-18(10-14)20(12-24)26-27-22(17)28/h2-6,9-11,16H,7-8,12,23-24H2,1H3,(H,27,28)/b19-11-,25-21?. The molecule has 0 aliphatic heterocycles. The van der Waals surface area contributed by atoms with Crippen molar-refractivity contribution >= 4 is 22.1 Å². The van der Waals surface area contributed by atoms with E-state index in [2.05, 4.69) is 15.2 Å². The number of hydrogen-bond acceptors (Lipinski definition) is 6. The number of benzene rings is 2. The molecule has 1 aliphatic carbocycles. The summed E-state index contributed by atoms with van der Waals surface area (Å²) in [5, 5.41) is 7.78. The maximum Gasteiger partial charge on any atom is 0.272 e. The first-order chi connectivity index (χ1) is 14.1. The fraction of sp³-hybridized carbons (Fsp3) is 0.227. The highest BCUT2D eigenvalue weighted by molar-refractivity contribution is 6.32. The minimum absolute atomic E-state index is 0.218. The van der Waals surface area contributed by atoms with E-state index in [1.54, 1.807) is 13.1 Å². The van der Waals surface area contributed by atoms with Gasteiger partial charge in [0, 0.05) is 36.3 Å². The number of nitrogens with two attached hydrogens (primary N) is 2. The largest absolute Gasteiger partial charge is 0.490 e. The molecule has 4 rings (SSSR count). The molecule has 1 fully saturated rings. The minimum atomic E-state index is -0.252. The Hall–Kier alpha value is -3.45. The average molecular weight is 389 g/mol. The highest BCUT2D eigenvalue weighted by atomic mass is 16.5. The molecule has 7 heteroatoms. The van der Waals surface area contributed by atoms with Crippen molar-refractivity contribution in [1.82, 2.24) is 10.2 Å². The van der Waals surface area contributed by atoms with Gasteiger partial charge in [-0.1, -0.05) is 6.07 Å². The molecule has 3 aromatic rings. The third kappa shape index (κ3) is 3.77. The lowest BCUT2D eigenvalue weighted by atomic mass is 9.94. The molecule has 1 saturated carbocycles. The monoisotopic (exact) mass is 389 g/mol. The highest BCUT2D eigenvalue weighted by Gasteiger charge is 2.23. The van der Waals surface area contributed by atoms with Gasteiger partial charge < -0.3 is 16.2 Å². The fourth-order valence-electron chi connectivity index (χ4n) is 3.33. The van der Waals surface area contributed by atoms with Crippen LogP contribution in [0.4, 0.5) is 0 Å². The molecule has 7 nitrogen and oxygen atoms in total. The molecule has 5 N–H and O–H groups in total. The Morgan fingerprint density at radius 1 is 1.21 bits per heavy atom. The number of aromatic nitrogens is 2. The lowest BCUT2D eigenvalue weighted by Gasteiger charge is -2.13. The Balaban J connectivity index is 1.72. The summed E-state index contributed by atoms with van der Waals surface area (Å²) in [7, 11) is 1.73. The van der Waals surface area contributed by atoms with Crippen molar-refractivity contribution in [3.05, 3.63) is 75.8 Å². The predicted molar refractivity (Wildman–Crippen MR) is 115 cm³/mol. The normalized spacial score (nSPS) is 15.0. The SMILES string of the molecule is CN=C(/C(=C\N)c1ccc2c(=O)[nH]nc(CN)c2c1)c1ccc(OC2CC2)cc1. The molecule has 29 heavy (non-hydrogen) atoms. The Morgan fingerprint density at radius 2 is 1.93 bits per heavy atom. The number of aromatic amines is 1. The summed E-state index contributed by atoms with van der Waals surface area (Å²) in [6.45, 7) is 0.218. The molecule has 0 radical (unpaired) electrons. The predicted octanol–water partition coefficient (Wildman–Crippen LogP) is 2.34. The van der Waals surface area contributed by atoms with Gasteiger partial charge in [-0.15, -0.1) is 0 Å². The van der Waals surface area contributed by atoms with E-state index in [1.807, 2.05) is 36.4 Å². The van der Waals surface area contributed by atoms with Gasteiger partial charge in [-0.05, 0) is 54.8 Å². The molecule has 148 valence electrons. The first kappa shape index (κ1) is 18.9. The van der Waals surface area contributed by atoms with E-state index in [0.29, 0.717) is 22.6 Å². The van der Waals surface area contributed by atoms with E-state index in [-0.39, 0.29) is 12.1 Å². The maximum atomic E-state index is 12.1. The number of nitrogens with zero attached hydrogens (tertiary/aromatic N) is 2. The molecular formula is C22H23N5O2. The number of aliphatic imine (C=N–C) groups is 1. The van der Waals surface area contributed by atoms with Crippen molar-refractivity contribution in [2.75, 3.05) is 7.05 Å². The molecule has 1 heterocycles. The van der Waals surface area contributed by atoms with E-state index in [4.69, 9.17) is 16.2 Å². The van der Waals surface area contributed by atoms with Crippen molar-refractivity contribution in [3.8, 4) is 5.75 Å². The van der Waals surface area contributed by atoms with Gasteiger partial charge >= 0.3 is 0 Å². The van der Waals surface area contributed by atoms with Crippen LogP contribution in [0.5, 0.6) is 5.75 Å². The van der Waals surface area contributed by atoms with Crippen LogP contribution in [0.15, 0.2) is 58.5 Å². The third-order valence-electron chi connectivity index (χ3n) is 4.97. The zero-order valence-electron chi connectivity index (χ0n) is 16.2. The minimum Gasteiger partial charge on any atom is -0.490 e. The van der Waals surface area contributed by atoms with Crippen LogP contribution in [0.3, 0.4) is 0 Å². The van der Waals surface area contributed by atoms with Gasteiger partial charge in [0.2, 0.25) is 0 Å². The van der Waals surface area contributed by atoms with E-state index < -0.39 is 0 Å². The zero-order valence-corrected chi connectivity index (χ0v) is 16.2. The Bertz CT molecular complexity index is 1160. The molecule has 1 aliphatic rings. The second-order valence-electron chi connectivity index (χ2n) is 6.96. The fourth-order valence-corrected chi connectivity index (χ4v) is 3.33. The summed E-state index contributed by atoms with van der Waals surface area (Å²) >= 11 is 0. The van der Waals surface area contributed by atoms with Gasteiger partial charge in [-0.3, -0.25) is 9.79 Å². The summed E-state index contributed by atoms with van der Waals surface area (Å²) in [5.41, 5.74) is 15.4. The average Bonchev–Trinajstić information content (AvgIpc) is 3.57. The van der Waals surface area contributed by atoms with Crippen molar-refractivity contribution < 1.29 is 4.74 Å². The van der Waals surface area contributed by atoms with Crippen molar-refractivity contribution in [2.24, 2.45) is 16.5 Å². The van der Waals surface area contributed by atoms with Crippen molar-refractivity contribution in [2.45, 2.75) is 25.5 Å². The molecular weight excluding hydrogens is 366 g/mol. The summed E-state index contributed by atoms with van der Waals surface area (Å²) in [6, 6.07) is 13.3. The Labute approximate surface area is 168 Å². The van der Waals surface area contributed by atoms with Gasteiger partial charge in [0.05, 0.1) is 22.9 Å². The third-order valence-corrected chi connectivity index (χ3v) is 4.97. The van der Waals surface area contributed by atoms with Gasteiger partial charge in [0.25, 0.3) is 5.56 Å². The van der Waals surface area contributed by atoms with E-state index >= 15 is 0 Å². The second-order valence-corrected chi connectivity index (χ2v) is 6.96. The first-order valence-corrected chi connectivity index (χ1v) is 9.52. The molecule has 1 aromatic heterocycles. The summed E-state index contributed by atoms with van der Waals surface area (Å²) in [6.07, 6.45) is 4.12. The molecule has 0 unspecified atom stereocenters. The number of allylic oxidation sites excluding steroid dienone is 1. The molecule has 0 atom stereocenters. The summed E-state index contributed by atoms with van der Waals surface area (Å²) in [4.78, 5) is 16.6. The highest BCUT2D eigenvalue weighted by Crippen LogP contribution is 2.28. The molecule has 0 spiro atoms. The lowest BCUT2D eigenvalue weighted by Crippen LogP contribution is -2.14. The lowest BCUT2D eigenvalue weighted by molar-refractivity contribution is 0.303. The number of fused-ring (bicyclic) bond motifs is 1. The van der Waals surface area contributed by atoms with E-state index in [9.17, 15) is 4.79 Å². The second kappa shape index (κ2) is 7.89. The van der Waals surface area contributed by atoms with Gasteiger partial charge in [-0.25, -0.2) is 5.10 Å². The number of nitrogens with one attached hydrogen (secondary N) is 1. The van der Waals surface area contributed by atoms with Crippen LogP contribution < -0.4 is 21.8 Å². The van der Waals surface area contributed by atoms with Gasteiger partial charge in [-0.2, -0.15) is 5.10 Å². The molecule has 0 saturated heterocycles. The van der Waals surface area contributed by atoms with Crippen LogP contribution >= 0.6 is 0 Å². The zero-order chi connectivity index (χ0) is 20.4. The van der Waals surface area contributed by atoms with Crippen LogP contribution in [0.1, 0.15) is 29.7 Å². The smallest absolute Gasteiger partial charge is 0.272 e. The van der Waals surface area contributed by atoms with Crippen LogP contribution in [0.25, 0.3) is 16.3 Å². The van der Waals surface area contributed by atoms with Gasteiger partial charge in [0.15, 0.2) is 0 Å². The number of H-pyrrole nitrogens is 1. The number of rotatable bonds is 6. The molecule has 2 aromatic carbocycles. The number of hydrogen-bond donors (Lipinski definition) is 3. The van der Waals surface area contributed by atoms with Crippen LogP contribution in [-0.4, -0.2) is 29.1 Å².